The lowest BCUT2D eigenvalue weighted by molar-refractivity contribution is -0.140. The predicted molar refractivity (Wildman–Crippen MR) is 67.2 cm³/mol. The zero-order valence-electron chi connectivity index (χ0n) is 9.50. The smallest absolute Gasteiger partial charge is 0.305 e. The molecule has 0 spiro atoms. The van der Waals surface area contributed by atoms with Gasteiger partial charge in [-0.25, -0.2) is 0 Å². The molecule has 88 valence electrons. The van der Waals surface area contributed by atoms with Gasteiger partial charge in [0.05, 0.1) is 7.11 Å². The van der Waals surface area contributed by atoms with E-state index in [1.165, 1.54) is 7.11 Å². The van der Waals surface area contributed by atoms with Gasteiger partial charge in [0.2, 0.25) is 0 Å². The molecule has 0 heterocycles. The molecule has 0 bridgehead atoms. The number of benzene rings is 1. The van der Waals surface area contributed by atoms with E-state index in [4.69, 9.17) is 0 Å². The molecule has 1 unspecified atom stereocenters. The second kappa shape index (κ2) is 6.66. The van der Waals surface area contributed by atoms with Crippen molar-refractivity contribution in [2.75, 3.05) is 14.2 Å². The van der Waals surface area contributed by atoms with Crippen LogP contribution in [0.4, 0.5) is 0 Å². The molecule has 0 radical (unpaired) electrons. The molecule has 4 heteroatoms. The highest BCUT2D eigenvalue weighted by atomic mass is 79.9. The summed E-state index contributed by atoms with van der Waals surface area (Å²) in [5, 5.41) is 3.20. The Morgan fingerprint density at radius 1 is 1.50 bits per heavy atom. The van der Waals surface area contributed by atoms with Crippen molar-refractivity contribution in [1.82, 2.24) is 5.32 Å². The molecule has 0 aliphatic carbocycles. The second-order valence-corrected chi connectivity index (χ2v) is 4.33. The Kier molecular flexibility index (Phi) is 5.49. The number of rotatable bonds is 5. The SMILES string of the molecule is CNC(CCC(=O)OC)c1ccccc1Br. The third kappa shape index (κ3) is 3.61. The monoisotopic (exact) mass is 285 g/mol. The Labute approximate surface area is 104 Å². The van der Waals surface area contributed by atoms with Gasteiger partial charge in [-0.2, -0.15) is 0 Å². The molecule has 0 fully saturated rings. The summed E-state index contributed by atoms with van der Waals surface area (Å²) in [6.07, 6.45) is 1.15. The van der Waals surface area contributed by atoms with E-state index >= 15 is 0 Å². The molecule has 1 N–H and O–H groups in total. The van der Waals surface area contributed by atoms with Crippen LogP contribution < -0.4 is 5.32 Å². The van der Waals surface area contributed by atoms with Gasteiger partial charge in [-0.3, -0.25) is 4.79 Å². The van der Waals surface area contributed by atoms with E-state index in [9.17, 15) is 4.79 Å². The van der Waals surface area contributed by atoms with Crippen molar-refractivity contribution < 1.29 is 9.53 Å². The largest absolute Gasteiger partial charge is 0.469 e. The maximum Gasteiger partial charge on any atom is 0.305 e. The van der Waals surface area contributed by atoms with Gasteiger partial charge >= 0.3 is 5.97 Å². The molecular weight excluding hydrogens is 270 g/mol. The standard InChI is InChI=1S/C12H16BrNO2/c1-14-11(7-8-12(15)16-2)9-5-3-4-6-10(9)13/h3-6,11,14H,7-8H2,1-2H3. The fraction of sp³-hybridized carbons (Fsp3) is 0.417. The van der Waals surface area contributed by atoms with Crippen LogP contribution in [0.3, 0.4) is 0 Å². The Morgan fingerprint density at radius 3 is 2.75 bits per heavy atom. The van der Waals surface area contributed by atoms with Crippen LogP contribution in [-0.2, 0) is 9.53 Å². The average molecular weight is 286 g/mol. The Hall–Kier alpha value is -0.870. The van der Waals surface area contributed by atoms with Crippen molar-refractivity contribution in [2.45, 2.75) is 18.9 Å². The lowest BCUT2D eigenvalue weighted by Crippen LogP contribution is -2.18. The number of hydrogen-bond donors (Lipinski definition) is 1. The van der Waals surface area contributed by atoms with Gasteiger partial charge in [0.1, 0.15) is 0 Å². The maximum atomic E-state index is 11.1. The van der Waals surface area contributed by atoms with Gasteiger partial charge in [-0.15, -0.1) is 0 Å². The van der Waals surface area contributed by atoms with E-state index in [1.54, 1.807) is 0 Å². The summed E-state index contributed by atoms with van der Waals surface area (Å²) in [6.45, 7) is 0. The number of carbonyl (C=O) groups is 1. The van der Waals surface area contributed by atoms with Crippen LogP contribution in [0.25, 0.3) is 0 Å². The number of ether oxygens (including phenoxy) is 1. The molecule has 0 saturated heterocycles. The summed E-state index contributed by atoms with van der Waals surface area (Å²) >= 11 is 3.51. The summed E-state index contributed by atoms with van der Waals surface area (Å²) in [7, 11) is 3.30. The lowest BCUT2D eigenvalue weighted by atomic mass is 10.0. The quantitative estimate of drug-likeness (QED) is 0.846. The lowest BCUT2D eigenvalue weighted by Gasteiger charge is -2.17. The zero-order valence-corrected chi connectivity index (χ0v) is 11.1. The molecule has 0 amide bonds. The van der Waals surface area contributed by atoms with Crippen LogP contribution in [0.1, 0.15) is 24.4 Å². The van der Waals surface area contributed by atoms with Crippen molar-refractivity contribution in [3.05, 3.63) is 34.3 Å². The molecule has 0 aromatic heterocycles. The van der Waals surface area contributed by atoms with Crippen LogP contribution in [0.2, 0.25) is 0 Å². The molecule has 1 aromatic rings. The van der Waals surface area contributed by atoms with Crippen LogP contribution >= 0.6 is 15.9 Å². The summed E-state index contributed by atoms with van der Waals surface area (Å²) in [4.78, 5) is 11.1. The summed E-state index contributed by atoms with van der Waals surface area (Å²) < 4.78 is 5.69. The van der Waals surface area contributed by atoms with Crippen molar-refractivity contribution in [3.8, 4) is 0 Å². The zero-order chi connectivity index (χ0) is 12.0. The Bertz CT molecular complexity index is 355. The van der Waals surface area contributed by atoms with Gasteiger partial charge in [0, 0.05) is 16.9 Å². The first kappa shape index (κ1) is 13.2. The average Bonchev–Trinajstić information content (AvgIpc) is 2.31. The number of esters is 1. The van der Waals surface area contributed by atoms with E-state index in [2.05, 4.69) is 26.0 Å². The number of hydrogen-bond acceptors (Lipinski definition) is 3. The summed E-state index contributed by atoms with van der Waals surface area (Å²) in [5.41, 5.74) is 1.16. The van der Waals surface area contributed by atoms with E-state index in [0.29, 0.717) is 6.42 Å². The predicted octanol–water partition coefficient (Wildman–Crippen LogP) is 2.66. The molecule has 1 aromatic carbocycles. The van der Waals surface area contributed by atoms with Gasteiger partial charge in [0.25, 0.3) is 0 Å². The molecule has 0 aliphatic rings. The molecule has 16 heavy (non-hydrogen) atoms. The third-order valence-corrected chi connectivity index (χ3v) is 3.22. The van der Waals surface area contributed by atoms with Crippen LogP contribution in [0.5, 0.6) is 0 Å². The number of carbonyl (C=O) groups excluding carboxylic acids is 1. The van der Waals surface area contributed by atoms with E-state index in [-0.39, 0.29) is 12.0 Å². The van der Waals surface area contributed by atoms with Crippen LogP contribution in [-0.4, -0.2) is 20.1 Å². The van der Waals surface area contributed by atoms with Gasteiger partial charge in [0.15, 0.2) is 0 Å². The number of nitrogens with one attached hydrogen (secondary N) is 1. The summed E-state index contributed by atoms with van der Waals surface area (Å²) in [6, 6.07) is 8.17. The topological polar surface area (TPSA) is 38.3 Å². The fourth-order valence-corrected chi connectivity index (χ4v) is 2.14. The molecule has 1 rings (SSSR count). The van der Waals surface area contributed by atoms with E-state index in [0.717, 1.165) is 16.5 Å². The number of halogens is 1. The molecule has 3 nitrogen and oxygen atoms in total. The minimum absolute atomic E-state index is 0.162. The molecule has 0 saturated carbocycles. The Balaban J connectivity index is 2.68. The molecular formula is C12H16BrNO2. The van der Waals surface area contributed by atoms with Crippen LogP contribution in [0.15, 0.2) is 28.7 Å². The van der Waals surface area contributed by atoms with Crippen molar-refractivity contribution in [1.29, 1.82) is 0 Å². The van der Waals surface area contributed by atoms with Gasteiger partial charge in [-0.05, 0) is 25.1 Å². The van der Waals surface area contributed by atoms with Crippen molar-refractivity contribution in [2.24, 2.45) is 0 Å². The first-order valence-electron chi connectivity index (χ1n) is 5.17. The minimum Gasteiger partial charge on any atom is -0.469 e. The first-order valence-corrected chi connectivity index (χ1v) is 5.96. The minimum atomic E-state index is -0.174. The summed E-state index contributed by atoms with van der Waals surface area (Å²) in [5.74, 6) is -0.174. The highest BCUT2D eigenvalue weighted by Gasteiger charge is 2.13. The van der Waals surface area contributed by atoms with Crippen molar-refractivity contribution in [3.63, 3.8) is 0 Å². The molecule has 1 atom stereocenters. The highest BCUT2D eigenvalue weighted by Crippen LogP contribution is 2.26. The normalized spacial score (nSPS) is 12.2. The number of methoxy groups -OCH3 is 1. The second-order valence-electron chi connectivity index (χ2n) is 3.48. The van der Waals surface area contributed by atoms with Gasteiger partial charge < -0.3 is 10.1 Å². The molecule has 0 aliphatic heterocycles. The van der Waals surface area contributed by atoms with Crippen LogP contribution in [0, 0.1) is 0 Å². The van der Waals surface area contributed by atoms with Gasteiger partial charge in [-0.1, -0.05) is 34.1 Å². The van der Waals surface area contributed by atoms with E-state index in [1.807, 2.05) is 31.3 Å². The highest BCUT2D eigenvalue weighted by molar-refractivity contribution is 9.10. The van der Waals surface area contributed by atoms with E-state index < -0.39 is 0 Å². The fourth-order valence-electron chi connectivity index (χ4n) is 1.58. The van der Waals surface area contributed by atoms with Crippen molar-refractivity contribution >= 4 is 21.9 Å². The Morgan fingerprint density at radius 2 is 2.19 bits per heavy atom. The maximum absolute atomic E-state index is 11.1. The third-order valence-electron chi connectivity index (χ3n) is 2.49. The first-order chi connectivity index (χ1) is 7.69.